The zero-order valence-corrected chi connectivity index (χ0v) is 14.7. The third-order valence-electron chi connectivity index (χ3n) is 4.14. The van der Waals surface area contributed by atoms with Crippen LogP contribution in [0.25, 0.3) is 0 Å². The normalized spacial score (nSPS) is 14.7. The Morgan fingerprint density at radius 2 is 1.72 bits per heavy atom. The lowest BCUT2D eigenvalue weighted by Crippen LogP contribution is -2.26. The average Bonchev–Trinajstić information content (AvgIpc) is 2.65. The summed E-state index contributed by atoms with van der Waals surface area (Å²) in [5, 5.41) is 39.1. The summed E-state index contributed by atoms with van der Waals surface area (Å²) < 4.78 is 0. The molecule has 0 aliphatic rings. The molecule has 2 aromatic carbocycles. The van der Waals surface area contributed by atoms with Crippen molar-refractivity contribution in [2.45, 2.75) is 30.6 Å². The van der Waals surface area contributed by atoms with Gasteiger partial charge in [0.05, 0.1) is 24.4 Å². The van der Waals surface area contributed by atoms with E-state index in [4.69, 9.17) is 5.11 Å². The summed E-state index contributed by atoms with van der Waals surface area (Å²) in [6.07, 6.45) is -1.66. The molecule has 0 heterocycles. The Kier molecular flexibility index (Phi) is 7.01. The summed E-state index contributed by atoms with van der Waals surface area (Å²) in [6, 6.07) is 13.6. The maximum Gasteiger partial charge on any atom is 0.336 e. The van der Waals surface area contributed by atoms with Crippen LogP contribution in [-0.4, -0.2) is 38.3 Å². The number of thioether (sulfide) groups is 1. The van der Waals surface area contributed by atoms with E-state index < -0.39 is 24.1 Å². The average molecular weight is 362 g/mol. The lowest BCUT2D eigenvalue weighted by Gasteiger charge is -2.24. The highest BCUT2D eigenvalue weighted by Gasteiger charge is 2.24. The van der Waals surface area contributed by atoms with Gasteiger partial charge in [0.1, 0.15) is 0 Å². The van der Waals surface area contributed by atoms with E-state index in [0.717, 1.165) is 5.56 Å². The maximum absolute atomic E-state index is 11.2. The Bertz CT molecular complexity index is 701. The van der Waals surface area contributed by atoms with Gasteiger partial charge < -0.3 is 20.4 Å². The van der Waals surface area contributed by atoms with E-state index >= 15 is 0 Å². The van der Waals surface area contributed by atoms with E-state index in [2.05, 4.69) is 0 Å². The van der Waals surface area contributed by atoms with Gasteiger partial charge in [-0.1, -0.05) is 43.3 Å². The molecule has 134 valence electrons. The van der Waals surface area contributed by atoms with E-state index in [0.29, 0.717) is 10.5 Å². The highest BCUT2D eigenvalue weighted by Crippen LogP contribution is 2.29. The summed E-state index contributed by atoms with van der Waals surface area (Å²) in [5.41, 5.74) is 1.62. The van der Waals surface area contributed by atoms with Crippen LogP contribution in [0.3, 0.4) is 0 Å². The van der Waals surface area contributed by atoms with E-state index in [-0.39, 0.29) is 17.9 Å². The highest BCUT2D eigenvalue weighted by molar-refractivity contribution is 7.99. The van der Waals surface area contributed by atoms with Crippen LogP contribution in [0.15, 0.2) is 53.4 Å². The van der Waals surface area contributed by atoms with Crippen molar-refractivity contribution in [1.29, 1.82) is 0 Å². The van der Waals surface area contributed by atoms with Crippen molar-refractivity contribution in [3.63, 3.8) is 0 Å². The molecular formula is C19H22O5S. The van der Waals surface area contributed by atoms with Gasteiger partial charge in [-0.05, 0) is 23.3 Å². The molecule has 2 rings (SSSR count). The van der Waals surface area contributed by atoms with Crippen LogP contribution in [-0.2, 0) is 6.61 Å². The SMILES string of the molecule is C[C@@H]([C@H](O)CSc1ccccc1C(=O)O)[C@@H](O)c1ccc(CO)cc1. The standard InChI is InChI=1S/C19H22O5S/c1-12(18(22)14-8-6-13(10-20)7-9-14)16(21)11-25-17-5-3-2-4-15(17)19(23)24/h2-9,12,16,18,20-22H,10-11H2,1H3,(H,23,24)/t12-,16+,18+/m0/s1. The largest absolute Gasteiger partial charge is 0.478 e. The van der Waals surface area contributed by atoms with E-state index in [9.17, 15) is 20.1 Å². The van der Waals surface area contributed by atoms with Gasteiger partial charge >= 0.3 is 5.97 Å². The number of aliphatic hydroxyl groups is 3. The second-order valence-electron chi connectivity index (χ2n) is 5.88. The molecule has 6 heteroatoms. The quantitative estimate of drug-likeness (QED) is 0.539. The summed E-state index contributed by atoms with van der Waals surface area (Å²) >= 11 is 1.26. The van der Waals surface area contributed by atoms with Crippen LogP contribution >= 0.6 is 11.8 Å². The molecule has 0 radical (unpaired) electrons. The first kappa shape index (κ1) is 19.5. The summed E-state index contributed by atoms with van der Waals surface area (Å²) in [7, 11) is 0. The van der Waals surface area contributed by atoms with Gasteiger partial charge in [-0.3, -0.25) is 0 Å². The first-order chi connectivity index (χ1) is 11.9. The predicted octanol–water partition coefficient (Wildman–Crippen LogP) is 2.70. The van der Waals surface area contributed by atoms with Crippen molar-refractivity contribution in [1.82, 2.24) is 0 Å². The van der Waals surface area contributed by atoms with Crippen molar-refractivity contribution in [2.75, 3.05) is 5.75 Å². The fraction of sp³-hybridized carbons (Fsp3) is 0.316. The molecule has 2 aromatic rings. The number of benzene rings is 2. The number of hydrogen-bond donors (Lipinski definition) is 4. The molecule has 0 aliphatic heterocycles. The van der Waals surface area contributed by atoms with Crippen molar-refractivity contribution in [3.05, 3.63) is 65.2 Å². The number of aliphatic hydroxyl groups excluding tert-OH is 3. The van der Waals surface area contributed by atoms with Gasteiger partial charge in [0.25, 0.3) is 0 Å². The number of rotatable bonds is 8. The van der Waals surface area contributed by atoms with Crippen LogP contribution in [0.1, 0.15) is 34.5 Å². The minimum absolute atomic E-state index is 0.0613. The van der Waals surface area contributed by atoms with Crippen LogP contribution in [0.2, 0.25) is 0 Å². The lowest BCUT2D eigenvalue weighted by atomic mass is 9.93. The molecule has 0 bridgehead atoms. The van der Waals surface area contributed by atoms with Gasteiger partial charge in [-0.25, -0.2) is 4.79 Å². The Hall–Kier alpha value is -1.86. The van der Waals surface area contributed by atoms with Gasteiger partial charge in [0.15, 0.2) is 0 Å². The third kappa shape index (κ3) is 5.06. The van der Waals surface area contributed by atoms with Gasteiger partial charge in [-0.15, -0.1) is 11.8 Å². The minimum atomic E-state index is -1.00. The topological polar surface area (TPSA) is 98.0 Å². The summed E-state index contributed by atoms with van der Waals surface area (Å²) in [6.45, 7) is 1.69. The summed E-state index contributed by atoms with van der Waals surface area (Å²) in [4.78, 5) is 11.8. The number of aromatic carboxylic acids is 1. The molecule has 0 fully saturated rings. The molecule has 0 spiro atoms. The number of carbonyl (C=O) groups is 1. The molecule has 0 amide bonds. The Labute approximate surface area is 151 Å². The van der Waals surface area contributed by atoms with E-state index in [1.807, 2.05) is 0 Å². The van der Waals surface area contributed by atoms with Crippen LogP contribution in [0.5, 0.6) is 0 Å². The third-order valence-corrected chi connectivity index (χ3v) is 5.31. The zero-order chi connectivity index (χ0) is 18.4. The van der Waals surface area contributed by atoms with Crippen molar-refractivity contribution in [3.8, 4) is 0 Å². The number of hydrogen-bond acceptors (Lipinski definition) is 5. The molecule has 0 aromatic heterocycles. The monoisotopic (exact) mass is 362 g/mol. The fourth-order valence-corrected chi connectivity index (χ4v) is 3.57. The van der Waals surface area contributed by atoms with Crippen LogP contribution in [0.4, 0.5) is 0 Å². The van der Waals surface area contributed by atoms with Crippen LogP contribution in [0, 0.1) is 5.92 Å². The van der Waals surface area contributed by atoms with Crippen molar-refractivity contribution in [2.24, 2.45) is 5.92 Å². The number of carboxylic acid groups (broad SMARTS) is 1. The predicted molar refractivity (Wildman–Crippen MR) is 96.6 cm³/mol. The molecule has 0 unspecified atom stereocenters. The van der Waals surface area contributed by atoms with Gasteiger partial charge in [0.2, 0.25) is 0 Å². The highest BCUT2D eigenvalue weighted by atomic mass is 32.2. The van der Waals surface area contributed by atoms with E-state index in [1.165, 1.54) is 17.8 Å². The first-order valence-corrected chi connectivity index (χ1v) is 8.93. The molecule has 0 aliphatic carbocycles. The van der Waals surface area contributed by atoms with Gasteiger partial charge in [0, 0.05) is 16.6 Å². The molecule has 4 N–H and O–H groups in total. The van der Waals surface area contributed by atoms with E-state index in [1.54, 1.807) is 49.4 Å². The zero-order valence-electron chi connectivity index (χ0n) is 13.9. The maximum atomic E-state index is 11.2. The molecule has 5 nitrogen and oxygen atoms in total. The Balaban J connectivity index is 1.99. The smallest absolute Gasteiger partial charge is 0.336 e. The Morgan fingerprint density at radius 3 is 2.32 bits per heavy atom. The van der Waals surface area contributed by atoms with Gasteiger partial charge in [-0.2, -0.15) is 0 Å². The molecule has 3 atom stereocenters. The molecular weight excluding hydrogens is 340 g/mol. The van der Waals surface area contributed by atoms with Crippen LogP contribution < -0.4 is 0 Å². The summed E-state index contributed by atoms with van der Waals surface area (Å²) in [5.74, 6) is -1.16. The number of carboxylic acids is 1. The second kappa shape index (κ2) is 9.01. The van der Waals surface area contributed by atoms with Crippen molar-refractivity contribution >= 4 is 17.7 Å². The minimum Gasteiger partial charge on any atom is -0.478 e. The molecule has 0 saturated carbocycles. The first-order valence-electron chi connectivity index (χ1n) is 7.95. The molecule has 25 heavy (non-hydrogen) atoms. The Morgan fingerprint density at radius 1 is 1.08 bits per heavy atom. The van der Waals surface area contributed by atoms with Crippen molar-refractivity contribution < 1.29 is 25.2 Å². The second-order valence-corrected chi connectivity index (χ2v) is 6.95. The fourth-order valence-electron chi connectivity index (χ4n) is 2.43. The molecule has 0 saturated heterocycles. The lowest BCUT2D eigenvalue weighted by molar-refractivity contribution is 0.0330.